The van der Waals surface area contributed by atoms with Crippen molar-refractivity contribution in [2.45, 2.75) is 19.3 Å². The molecule has 1 heterocycles. The molecule has 1 aliphatic rings. The highest BCUT2D eigenvalue weighted by atomic mass is 19.1. The number of halogens is 2. The van der Waals surface area contributed by atoms with Crippen LogP contribution >= 0.6 is 0 Å². The largest absolute Gasteiger partial charge is 0.456 e. The van der Waals surface area contributed by atoms with Gasteiger partial charge in [-0.25, -0.2) is 13.8 Å². The van der Waals surface area contributed by atoms with Gasteiger partial charge in [0.05, 0.1) is 24.4 Å². The fraction of sp³-hybridized carbons (Fsp3) is 0.238. The summed E-state index contributed by atoms with van der Waals surface area (Å²) in [6.45, 7) is -0.215. The second-order valence-corrected chi connectivity index (χ2v) is 6.51. The van der Waals surface area contributed by atoms with Crippen LogP contribution in [-0.2, 0) is 19.1 Å². The normalized spacial score (nSPS) is 13.0. The molecule has 0 fully saturated rings. The number of ether oxygens (including phenoxy) is 1. The van der Waals surface area contributed by atoms with E-state index in [0.717, 1.165) is 23.4 Å². The molecule has 30 heavy (non-hydrogen) atoms. The van der Waals surface area contributed by atoms with Gasteiger partial charge in [-0.05, 0) is 17.7 Å². The standard InChI is InChI=1S/C21H19F2N3O4/c22-15-6-7-18(16(23)12-15)24-19(27)13-30-21(29)9-8-20(28)26-11-10-17(25-26)14-4-2-1-3-5-14/h1-7,12H,8-11,13H2,(H,24,27). The number of carbonyl (C=O) groups excluding carboxylic acids is 3. The second-order valence-electron chi connectivity index (χ2n) is 6.51. The third-order valence-electron chi connectivity index (χ3n) is 4.31. The van der Waals surface area contributed by atoms with Gasteiger partial charge in [0.15, 0.2) is 6.61 Å². The molecule has 0 aromatic heterocycles. The predicted molar refractivity (Wildman–Crippen MR) is 104 cm³/mol. The van der Waals surface area contributed by atoms with Crippen LogP contribution in [-0.4, -0.2) is 41.7 Å². The number of hydrogen-bond donors (Lipinski definition) is 1. The zero-order chi connectivity index (χ0) is 21.5. The molecule has 0 bridgehead atoms. The Morgan fingerprint density at radius 1 is 1.07 bits per heavy atom. The van der Waals surface area contributed by atoms with Crippen LogP contribution in [0.1, 0.15) is 24.8 Å². The average Bonchev–Trinajstić information content (AvgIpc) is 3.23. The highest BCUT2D eigenvalue weighted by molar-refractivity contribution is 6.02. The van der Waals surface area contributed by atoms with Crippen molar-refractivity contribution < 1.29 is 27.9 Å². The zero-order valence-corrected chi connectivity index (χ0v) is 15.9. The molecule has 2 aromatic carbocycles. The summed E-state index contributed by atoms with van der Waals surface area (Å²) in [6, 6.07) is 12.2. The minimum Gasteiger partial charge on any atom is -0.456 e. The van der Waals surface area contributed by atoms with Crippen LogP contribution < -0.4 is 5.32 Å². The topological polar surface area (TPSA) is 88.1 Å². The Bertz CT molecular complexity index is 979. The Balaban J connectivity index is 1.40. The first-order valence-corrected chi connectivity index (χ1v) is 9.26. The maximum atomic E-state index is 13.5. The van der Waals surface area contributed by atoms with Gasteiger partial charge in [0, 0.05) is 18.9 Å². The lowest BCUT2D eigenvalue weighted by Gasteiger charge is -2.11. The van der Waals surface area contributed by atoms with Gasteiger partial charge >= 0.3 is 5.97 Å². The molecule has 0 unspecified atom stereocenters. The van der Waals surface area contributed by atoms with Gasteiger partial charge in [0.2, 0.25) is 5.91 Å². The third kappa shape index (κ3) is 5.69. The van der Waals surface area contributed by atoms with Crippen molar-refractivity contribution in [1.82, 2.24) is 5.01 Å². The highest BCUT2D eigenvalue weighted by Gasteiger charge is 2.22. The molecular weight excluding hydrogens is 396 g/mol. The van der Waals surface area contributed by atoms with Crippen LogP contribution in [0.15, 0.2) is 53.6 Å². The van der Waals surface area contributed by atoms with Gasteiger partial charge in [-0.2, -0.15) is 5.10 Å². The summed E-state index contributed by atoms with van der Waals surface area (Å²) in [7, 11) is 0. The molecular formula is C21H19F2N3O4. The fourth-order valence-electron chi connectivity index (χ4n) is 2.80. The molecule has 3 rings (SSSR count). The van der Waals surface area contributed by atoms with E-state index in [1.54, 1.807) is 0 Å². The lowest BCUT2D eigenvalue weighted by molar-refractivity contribution is -0.148. The summed E-state index contributed by atoms with van der Waals surface area (Å²) in [5.74, 6) is -3.57. The van der Waals surface area contributed by atoms with Crippen molar-refractivity contribution in [3.63, 3.8) is 0 Å². The predicted octanol–water partition coefficient (Wildman–Crippen LogP) is 2.86. The van der Waals surface area contributed by atoms with Crippen molar-refractivity contribution in [2.75, 3.05) is 18.5 Å². The number of rotatable bonds is 7. The molecule has 0 saturated heterocycles. The summed E-state index contributed by atoms with van der Waals surface area (Å²) in [5, 5.41) is 7.78. The lowest BCUT2D eigenvalue weighted by Crippen LogP contribution is -2.25. The van der Waals surface area contributed by atoms with Crippen LogP contribution in [0.3, 0.4) is 0 Å². The van der Waals surface area contributed by atoms with E-state index in [0.29, 0.717) is 19.0 Å². The van der Waals surface area contributed by atoms with Crippen LogP contribution in [0.5, 0.6) is 0 Å². The second kappa shape index (κ2) is 9.73. The summed E-state index contributed by atoms with van der Waals surface area (Å²) in [4.78, 5) is 35.7. The molecule has 0 radical (unpaired) electrons. The van der Waals surface area contributed by atoms with E-state index in [1.165, 1.54) is 5.01 Å². The molecule has 0 aliphatic carbocycles. The zero-order valence-electron chi connectivity index (χ0n) is 15.9. The van der Waals surface area contributed by atoms with E-state index in [2.05, 4.69) is 10.4 Å². The molecule has 0 atom stereocenters. The Labute approximate surface area is 171 Å². The Morgan fingerprint density at radius 3 is 2.57 bits per heavy atom. The Hall–Kier alpha value is -3.62. The molecule has 0 spiro atoms. The van der Waals surface area contributed by atoms with Crippen molar-refractivity contribution >= 4 is 29.2 Å². The maximum absolute atomic E-state index is 13.5. The van der Waals surface area contributed by atoms with E-state index in [1.807, 2.05) is 30.3 Å². The van der Waals surface area contributed by atoms with Gasteiger partial charge in [0.1, 0.15) is 11.6 Å². The van der Waals surface area contributed by atoms with Gasteiger partial charge in [-0.15, -0.1) is 0 Å². The van der Waals surface area contributed by atoms with Crippen LogP contribution in [0.2, 0.25) is 0 Å². The molecule has 9 heteroatoms. The van der Waals surface area contributed by atoms with E-state index in [-0.39, 0.29) is 24.4 Å². The SMILES string of the molecule is O=C(COC(=O)CCC(=O)N1CCC(c2ccccc2)=N1)Nc1ccc(F)cc1F. The number of hydrazone groups is 1. The first-order chi connectivity index (χ1) is 14.4. The number of amides is 2. The van der Waals surface area contributed by atoms with Crippen LogP contribution in [0.4, 0.5) is 14.5 Å². The fourth-order valence-corrected chi connectivity index (χ4v) is 2.80. The number of benzene rings is 2. The Kier molecular flexibility index (Phi) is 6.84. The number of carbonyl (C=O) groups is 3. The van der Waals surface area contributed by atoms with Crippen molar-refractivity contribution in [1.29, 1.82) is 0 Å². The van der Waals surface area contributed by atoms with E-state index in [4.69, 9.17) is 4.74 Å². The Morgan fingerprint density at radius 2 is 1.83 bits per heavy atom. The van der Waals surface area contributed by atoms with Gasteiger partial charge in [0.25, 0.3) is 5.91 Å². The van der Waals surface area contributed by atoms with Crippen molar-refractivity contribution in [3.8, 4) is 0 Å². The maximum Gasteiger partial charge on any atom is 0.306 e. The number of anilines is 1. The van der Waals surface area contributed by atoms with Crippen molar-refractivity contribution in [2.24, 2.45) is 5.10 Å². The minimum atomic E-state index is -0.943. The molecule has 7 nitrogen and oxygen atoms in total. The number of nitrogens with zero attached hydrogens (tertiary/aromatic N) is 2. The van der Waals surface area contributed by atoms with E-state index >= 15 is 0 Å². The number of nitrogens with one attached hydrogen (secondary N) is 1. The molecule has 1 N–H and O–H groups in total. The molecule has 1 aliphatic heterocycles. The summed E-state index contributed by atoms with van der Waals surface area (Å²) in [5.41, 5.74) is 1.51. The molecule has 2 amide bonds. The van der Waals surface area contributed by atoms with Crippen molar-refractivity contribution in [3.05, 3.63) is 65.7 Å². The minimum absolute atomic E-state index is 0.112. The summed E-state index contributed by atoms with van der Waals surface area (Å²) in [6.07, 6.45) is 0.294. The van der Waals surface area contributed by atoms with Crippen LogP contribution in [0, 0.1) is 11.6 Å². The quantitative estimate of drug-likeness (QED) is 0.705. The van der Waals surface area contributed by atoms with Gasteiger partial charge < -0.3 is 10.1 Å². The number of hydrogen-bond acceptors (Lipinski definition) is 5. The molecule has 0 saturated carbocycles. The van der Waals surface area contributed by atoms with Crippen LogP contribution in [0.25, 0.3) is 0 Å². The third-order valence-corrected chi connectivity index (χ3v) is 4.31. The summed E-state index contributed by atoms with van der Waals surface area (Å²) < 4.78 is 31.1. The first kappa shape index (κ1) is 21.1. The molecule has 2 aromatic rings. The smallest absolute Gasteiger partial charge is 0.306 e. The van der Waals surface area contributed by atoms with Gasteiger partial charge in [-0.1, -0.05) is 30.3 Å². The monoisotopic (exact) mass is 415 g/mol. The summed E-state index contributed by atoms with van der Waals surface area (Å²) >= 11 is 0. The lowest BCUT2D eigenvalue weighted by atomic mass is 10.1. The van der Waals surface area contributed by atoms with E-state index < -0.39 is 30.1 Å². The average molecular weight is 415 g/mol. The number of esters is 1. The highest BCUT2D eigenvalue weighted by Crippen LogP contribution is 2.16. The van der Waals surface area contributed by atoms with E-state index in [9.17, 15) is 23.2 Å². The first-order valence-electron chi connectivity index (χ1n) is 9.26. The van der Waals surface area contributed by atoms with Gasteiger partial charge in [-0.3, -0.25) is 14.4 Å². The molecule has 156 valence electrons.